The molecule has 3 aromatic rings. The van der Waals surface area contributed by atoms with Crippen molar-refractivity contribution in [2.45, 2.75) is 6.42 Å². The van der Waals surface area contributed by atoms with Crippen LogP contribution in [0.5, 0.6) is 0 Å². The van der Waals surface area contributed by atoms with Crippen molar-refractivity contribution in [1.29, 1.82) is 0 Å². The second-order valence-corrected chi connectivity index (χ2v) is 7.31. The predicted octanol–water partition coefficient (Wildman–Crippen LogP) is 2.14. The summed E-state index contributed by atoms with van der Waals surface area (Å²) < 4.78 is 5.32. The Kier molecular flexibility index (Phi) is 5.50. The number of morpholine rings is 1. The number of hydrazine groups is 1. The molecule has 0 radical (unpaired) electrons. The molecule has 2 aromatic carbocycles. The normalized spacial score (nSPS) is 14.1. The third-order valence-electron chi connectivity index (χ3n) is 4.50. The van der Waals surface area contributed by atoms with Crippen LogP contribution in [-0.4, -0.2) is 43.1 Å². The van der Waals surface area contributed by atoms with Gasteiger partial charge in [-0.2, -0.15) is 0 Å². The number of amides is 2. The van der Waals surface area contributed by atoms with Crippen LogP contribution >= 0.6 is 11.3 Å². The van der Waals surface area contributed by atoms with Gasteiger partial charge in [-0.15, -0.1) is 11.3 Å². The first-order chi connectivity index (χ1) is 13.7. The Balaban J connectivity index is 1.31. The summed E-state index contributed by atoms with van der Waals surface area (Å²) in [6, 6.07) is 13.9. The van der Waals surface area contributed by atoms with Gasteiger partial charge in [0, 0.05) is 18.5 Å². The fourth-order valence-corrected chi connectivity index (χ4v) is 3.90. The second-order valence-electron chi connectivity index (χ2n) is 6.48. The number of carbonyl (C=O) groups excluding carboxylic acids is 2. The van der Waals surface area contributed by atoms with Gasteiger partial charge in [0.1, 0.15) is 5.69 Å². The lowest BCUT2D eigenvalue weighted by atomic mass is 10.1. The number of nitrogens with zero attached hydrogens (tertiary/aromatic N) is 2. The summed E-state index contributed by atoms with van der Waals surface area (Å²) in [5, 5.41) is 4.68. The highest BCUT2D eigenvalue weighted by Crippen LogP contribution is 2.21. The van der Waals surface area contributed by atoms with Crippen molar-refractivity contribution in [3.8, 4) is 0 Å². The number of rotatable bonds is 4. The fraction of sp³-hybridized carbons (Fsp3) is 0.250. The molecule has 0 unspecified atom stereocenters. The zero-order valence-electron chi connectivity index (χ0n) is 15.2. The van der Waals surface area contributed by atoms with Crippen molar-refractivity contribution in [2.24, 2.45) is 0 Å². The number of fused-ring (bicyclic) bond motifs is 1. The monoisotopic (exact) mass is 396 g/mol. The van der Waals surface area contributed by atoms with E-state index in [4.69, 9.17) is 4.74 Å². The molecule has 0 bridgehead atoms. The van der Waals surface area contributed by atoms with Crippen LogP contribution in [0.4, 0.5) is 5.13 Å². The highest BCUT2D eigenvalue weighted by Gasteiger charge is 2.17. The summed E-state index contributed by atoms with van der Waals surface area (Å²) in [6.45, 7) is 2.84. The summed E-state index contributed by atoms with van der Waals surface area (Å²) >= 11 is 1.41. The largest absolute Gasteiger partial charge is 0.378 e. The van der Waals surface area contributed by atoms with E-state index in [1.165, 1.54) is 11.3 Å². The summed E-state index contributed by atoms with van der Waals surface area (Å²) in [5.74, 6) is -0.713. The van der Waals surface area contributed by atoms with Crippen LogP contribution in [0.2, 0.25) is 0 Å². The van der Waals surface area contributed by atoms with E-state index in [9.17, 15) is 9.59 Å². The van der Waals surface area contributed by atoms with E-state index in [0.717, 1.165) is 34.6 Å². The van der Waals surface area contributed by atoms with Gasteiger partial charge in [0.05, 0.1) is 19.6 Å². The molecular weight excluding hydrogens is 376 g/mol. The third-order valence-corrected chi connectivity index (χ3v) is 5.40. The van der Waals surface area contributed by atoms with Crippen LogP contribution < -0.4 is 15.8 Å². The molecule has 2 amide bonds. The molecule has 1 aliphatic heterocycles. The van der Waals surface area contributed by atoms with Gasteiger partial charge in [-0.3, -0.25) is 20.4 Å². The molecule has 2 heterocycles. The topological polar surface area (TPSA) is 83.6 Å². The molecule has 1 aromatic heterocycles. The van der Waals surface area contributed by atoms with Crippen LogP contribution in [-0.2, 0) is 16.0 Å². The van der Waals surface area contributed by atoms with Crippen molar-refractivity contribution in [1.82, 2.24) is 15.8 Å². The van der Waals surface area contributed by atoms with E-state index in [1.54, 1.807) is 5.38 Å². The van der Waals surface area contributed by atoms with Crippen molar-refractivity contribution in [2.75, 3.05) is 31.2 Å². The van der Waals surface area contributed by atoms with Crippen LogP contribution in [0.25, 0.3) is 10.8 Å². The maximum absolute atomic E-state index is 12.2. The fourth-order valence-electron chi connectivity index (χ4n) is 3.04. The summed E-state index contributed by atoms with van der Waals surface area (Å²) in [7, 11) is 0. The van der Waals surface area contributed by atoms with E-state index >= 15 is 0 Å². The highest BCUT2D eigenvalue weighted by molar-refractivity contribution is 7.13. The van der Waals surface area contributed by atoms with E-state index in [0.29, 0.717) is 13.2 Å². The molecule has 0 atom stereocenters. The van der Waals surface area contributed by atoms with Crippen molar-refractivity contribution in [3.63, 3.8) is 0 Å². The molecule has 1 saturated heterocycles. The van der Waals surface area contributed by atoms with Crippen molar-refractivity contribution >= 4 is 39.1 Å². The van der Waals surface area contributed by atoms with Crippen LogP contribution in [0, 0.1) is 0 Å². The van der Waals surface area contributed by atoms with Gasteiger partial charge >= 0.3 is 0 Å². The van der Waals surface area contributed by atoms with E-state index < -0.39 is 5.91 Å². The minimum Gasteiger partial charge on any atom is -0.378 e. The molecule has 28 heavy (non-hydrogen) atoms. The second kappa shape index (κ2) is 8.37. The molecule has 0 aliphatic carbocycles. The smallest absolute Gasteiger partial charge is 0.289 e. The lowest BCUT2D eigenvalue weighted by Crippen LogP contribution is -2.42. The SMILES string of the molecule is O=C(Cc1ccc2ccccc2c1)NNC(=O)c1csc(N2CCOCC2)n1. The van der Waals surface area contributed by atoms with Gasteiger partial charge in [0.25, 0.3) is 5.91 Å². The third kappa shape index (κ3) is 4.29. The van der Waals surface area contributed by atoms with Crippen molar-refractivity contribution < 1.29 is 14.3 Å². The average Bonchev–Trinajstić information content (AvgIpc) is 3.23. The molecule has 0 saturated carbocycles. The van der Waals surface area contributed by atoms with Gasteiger partial charge in [-0.25, -0.2) is 4.98 Å². The molecule has 1 fully saturated rings. The first-order valence-electron chi connectivity index (χ1n) is 9.04. The zero-order valence-corrected chi connectivity index (χ0v) is 16.0. The van der Waals surface area contributed by atoms with Gasteiger partial charge in [-0.05, 0) is 16.3 Å². The molecular formula is C20H20N4O3S. The maximum Gasteiger partial charge on any atom is 0.289 e. The Hall–Kier alpha value is -2.97. The molecule has 0 spiro atoms. The first-order valence-corrected chi connectivity index (χ1v) is 9.92. The Labute approximate surface area is 166 Å². The average molecular weight is 396 g/mol. The van der Waals surface area contributed by atoms with Crippen molar-refractivity contribution in [3.05, 3.63) is 59.1 Å². The van der Waals surface area contributed by atoms with Gasteiger partial charge in [-0.1, -0.05) is 42.5 Å². The van der Waals surface area contributed by atoms with Gasteiger partial charge < -0.3 is 9.64 Å². The molecule has 1 aliphatic rings. The van der Waals surface area contributed by atoms with Gasteiger partial charge in [0.2, 0.25) is 5.91 Å². The zero-order chi connectivity index (χ0) is 19.3. The quantitative estimate of drug-likeness (QED) is 0.660. The molecule has 8 heteroatoms. The Morgan fingerprint density at radius 1 is 1.07 bits per heavy atom. The molecule has 2 N–H and O–H groups in total. The minimum absolute atomic E-state index is 0.182. The standard InChI is InChI=1S/C20H20N4O3S/c25-18(12-14-5-6-15-3-1-2-4-16(15)11-14)22-23-19(26)17-13-28-20(21-17)24-7-9-27-10-8-24/h1-6,11,13H,7-10,12H2,(H,22,25)(H,23,26). The molecule has 4 rings (SSSR count). The lowest BCUT2D eigenvalue weighted by Gasteiger charge is -2.25. The summed E-state index contributed by atoms with van der Waals surface area (Å²) in [6.07, 6.45) is 0.182. The van der Waals surface area contributed by atoms with Gasteiger partial charge in [0.15, 0.2) is 5.13 Å². The Morgan fingerprint density at radius 2 is 1.86 bits per heavy atom. The summed E-state index contributed by atoms with van der Waals surface area (Å²) in [5.41, 5.74) is 6.07. The number of hydrogen-bond donors (Lipinski definition) is 2. The Morgan fingerprint density at radius 3 is 2.68 bits per heavy atom. The number of ether oxygens (including phenoxy) is 1. The first kappa shape index (κ1) is 18.4. The van der Waals surface area contributed by atoms with E-state index in [1.807, 2.05) is 42.5 Å². The Bertz CT molecular complexity index is 998. The minimum atomic E-state index is -0.428. The molecule has 144 valence electrons. The van der Waals surface area contributed by atoms with Crippen LogP contribution in [0.15, 0.2) is 47.8 Å². The van der Waals surface area contributed by atoms with Crippen LogP contribution in [0.3, 0.4) is 0 Å². The maximum atomic E-state index is 12.2. The highest BCUT2D eigenvalue weighted by atomic mass is 32.1. The predicted molar refractivity (Wildman–Crippen MR) is 108 cm³/mol. The van der Waals surface area contributed by atoms with E-state index in [-0.39, 0.29) is 18.0 Å². The summed E-state index contributed by atoms with van der Waals surface area (Å²) in [4.78, 5) is 30.9. The number of anilines is 1. The number of benzene rings is 2. The number of aromatic nitrogens is 1. The lowest BCUT2D eigenvalue weighted by molar-refractivity contribution is -0.121. The number of carbonyl (C=O) groups is 2. The number of nitrogens with one attached hydrogen (secondary N) is 2. The number of thiazole rings is 1. The van der Waals surface area contributed by atoms with Crippen LogP contribution in [0.1, 0.15) is 16.1 Å². The number of hydrogen-bond acceptors (Lipinski definition) is 6. The molecule has 7 nitrogen and oxygen atoms in total. The van der Waals surface area contributed by atoms with E-state index in [2.05, 4.69) is 20.7 Å².